The van der Waals surface area contributed by atoms with Gasteiger partial charge in [-0.1, -0.05) is 31.1 Å². The molecule has 22 heavy (non-hydrogen) atoms. The predicted octanol–water partition coefficient (Wildman–Crippen LogP) is 2.31. The molecule has 0 aliphatic rings. The minimum Gasteiger partial charge on any atom is -0.496 e. The second-order valence-corrected chi connectivity index (χ2v) is 5.27. The normalized spacial score (nSPS) is 10.7. The molecule has 0 saturated heterocycles. The Hall–Kier alpha value is -2.53. The van der Waals surface area contributed by atoms with Crippen LogP contribution in [0.5, 0.6) is 5.75 Å². The Morgan fingerprint density at radius 1 is 1.14 bits per heavy atom. The Kier molecular flexibility index (Phi) is 3.73. The van der Waals surface area contributed by atoms with Crippen molar-refractivity contribution in [1.29, 1.82) is 0 Å². The molecule has 110 valence electrons. The molecule has 0 radical (unpaired) electrons. The fourth-order valence-corrected chi connectivity index (χ4v) is 2.55. The summed E-state index contributed by atoms with van der Waals surface area (Å²) < 4.78 is 5.44. The molecule has 0 unspecified atom stereocenters. The fraction of sp³-hybridized carbons (Fsp3) is 0.118. The van der Waals surface area contributed by atoms with Crippen LogP contribution in [0.2, 0.25) is 6.82 Å². The van der Waals surface area contributed by atoms with Crippen LogP contribution in [0.15, 0.2) is 48.7 Å². The maximum absolute atomic E-state index is 9.80. The third-order valence-corrected chi connectivity index (χ3v) is 3.79. The Morgan fingerprint density at radius 3 is 2.68 bits per heavy atom. The van der Waals surface area contributed by atoms with Gasteiger partial charge in [-0.25, -0.2) is 0 Å². The second kappa shape index (κ2) is 5.69. The highest BCUT2D eigenvalue weighted by atomic mass is 16.5. The van der Waals surface area contributed by atoms with Gasteiger partial charge in [-0.05, 0) is 29.2 Å². The summed E-state index contributed by atoms with van der Waals surface area (Å²) in [5.74, 6) is 0.757. The van der Waals surface area contributed by atoms with E-state index in [4.69, 9.17) is 10.5 Å². The molecule has 0 saturated carbocycles. The second-order valence-electron chi connectivity index (χ2n) is 5.27. The van der Waals surface area contributed by atoms with Crippen molar-refractivity contribution in [2.75, 3.05) is 12.8 Å². The molecule has 1 aromatic heterocycles. The standard InChI is InChI=1S/C17H17BN2O2/c1-18(21)12-4-6-17(22-2)14(10-12)11-3-5-13-15(19)7-8-20-16(13)9-11/h3-10,21H,1-2H3,(H2,19,20). The fourth-order valence-electron chi connectivity index (χ4n) is 2.55. The highest BCUT2D eigenvalue weighted by Crippen LogP contribution is 2.31. The van der Waals surface area contributed by atoms with E-state index in [1.54, 1.807) is 26.2 Å². The van der Waals surface area contributed by atoms with Crippen molar-refractivity contribution >= 4 is 29.0 Å². The number of hydrogen-bond donors (Lipinski definition) is 2. The maximum Gasteiger partial charge on any atom is 0.320 e. The van der Waals surface area contributed by atoms with Gasteiger partial charge in [0.25, 0.3) is 0 Å². The summed E-state index contributed by atoms with van der Waals surface area (Å²) in [6.07, 6.45) is 1.70. The van der Waals surface area contributed by atoms with Crippen LogP contribution in [0.25, 0.3) is 22.0 Å². The highest BCUT2D eigenvalue weighted by Gasteiger charge is 2.13. The van der Waals surface area contributed by atoms with Gasteiger partial charge in [0, 0.05) is 22.8 Å². The Bertz CT molecular complexity index is 834. The van der Waals surface area contributed by atoms with Gasteiger partial charge in [-0.3, -0.25) is 4.98 Å². The third kappa shape index (κ3) is 2.51. The van der Waals surface area contributed by atoms with Gasteiger partial charge in [-0.15, -0.1) is 0 Å². The molecule has 0 fully saturated rings. The largest absolute Gasteiger partial charge is 0.496 e. The average Bonchev–Trinajstić information content (AvgIpc) is 2.54. The molecule has 4 nitrogen and oxygen atoms in total. The molecule has 0 bridgehead atoms. The number of fused-ring (bicyclic) bond motifs is 1. The van der Waals surface area contributed by atoms with E-state index in [9.17, 15) is 5.02 Å². The van der Waals surface area contributed by atoms with E-state index in [2.05, 4.69) is 4.98 Å². The zero-order valence-electron chi connectivity index (χ0n) is 12.6. The minimum atomic E-state index is -0.529. The number of nitrogens with zero attached hydrogens (tertiary/aromatic N) is 1. The van der Waals surface area contributed by atoms with Crippen LogP contribution in [-0.2, 0) is 0 Å². The van der Waals surface area contributed by atoms with Crippen molar-refractivity contribution in [2.45, 2.75) is 6.82 Å². The smallest absolute Gasteiger partial charge is 0.320 e. The topological polar surface area (TPSA) is 68.4 Å². The summed E-state index contributed by atoms with van der Waals surface area (Å²) in [4.78, 5) is 4.37. The summed E-state index contributed by atoms with van der Waals surface area (Å²) in [6, 6.07) is 13.4. The van der Waals surface area contributed by atoms with E-state index in [0.29, 0.717) is 5.69 Å². The first-order chi connectivity index (χ1) is 10.6. The van der Waals surface area contributed by atoms with E-state index in [1.165, 1.54) is 0 Å². The molecule has 2 aromatic carbocycles. The van der Waals surface area contributed by atoms with E-state index < -0.39 is 6.92 Å². The lowest BCUT2D eigenvalue weighted by Crippen LogP contribution is -2.26. The van der Waals surface area contributed by atoms with Crippen LogP contribution < -0.4 is 15.9 Å². The number of ether oxygens (including phenoxy) is 1. The van der Waals surface area contributed by atoms with Gasteiger partial charge in [0.15, 0.2) is 0 Å². The van der Waals surface area contributed by atoms with Crippen molar-refractivity contribution in [3.63, 3.8) is 0 Å². The van der Waals surface area contributed by atoms with Crippen molar-refractivity contribution in [2.24, 2.45) is 0 Å². The molecule has 0 atom stereocenters. The molecule has 0 spiro atoms. The lowest BCUT2D eigenvalue weighted by Gasteiger charge is -2.12. The van der Waals surface area contributed by atoms with Crippen LogP contribution in [0.1, 0.15) is 0 Å². The van der Waals surface area contributed by atoms with Crippen LogP contribution in [0.4, 0.5) is 5.69 Å². The molecule has 3 rings (SSSR count). The van der Waals surface area contributed by atoms with Gasteiger partial charge >= 0.3 is 6.92 Å². The maximum atomic E-state index is 9.80. The van der Waals surface area contributed by atoms with Gasteiger partial charge in [0.05, 0.1) is 12.6 Å². The summed E-state index contributed by atoms with van der Waals surface area (Å²) in [7, 11) is 1.64. The van der Waals surface area contributed by atoms with Crippen molar-refractivity contribution in [3.05, 3.63) is 48.7 Å². The molecule has 3 N–H and O–H groups in total. The summed E-state index contributed by atoms with van der Waals surface area (Å²) >= 11 is 0. The van der Waals surface area contributed by atoms with Gasteiger partial charge in [0.1, 0.15) is 5.75 Å². The molecular weight excluding hydrogens is 275 g/mol. The monoisotopic (exact) mass is 292 g/mol. The number of hydrogen-bond acceptors (Lipinski definition) is 4. The minimum absolute atomic E-state index is 0.529. The number of methoxy groups -OCH3 is 1. The molecule has 5 heteroatoms. The van der Waals surface area contributed by atoms with E-state index in [-0.39, 0.29) is 0 Å². The number of nitrogens with two attached hydrogens (primary N) is 1. The summed E-state index contributed by atoms with van der Waals surface area (Å²) in [6.45, 7) is 1.22. The number of aromatic nitrogens is 1. The SMILES string of the molecule is COc1ccc(B(C)O)cc1-c1ccc2c(N)ccnc2c1. The molecule has 0 amide bonds. The van der Waals surface area contributed by atoms with Crippen molar-refractivity contribution < 1.29 is 9.76 Å². The zero-order valence-corrected chi connectivity index (χ0v) is 12.6. The summed E-state index contributed by atoms with van der Waals surface area (Å²) in [5.41, 5.74) is 10.3. The first-order valence-electron chi connectivity index (χ1n) is 7.11. The molecular formula is C17H17BN2O2. The molecule has 1 heterocycles. The highest BCUT2D eigenvalue weighted by molar-refractivity contribution is 6.64. The number of pyridine rings is 1. The first kappa shape index (κ1) is 14.4. The third-order valence-electron chi connectivity index (χ3n) is 3.79. The average molecular weight is 292 g/mol. The van der Waals surface area contributed by atoms with Crippen LogP contribution >= 0.6 is 0 Å². The Labute approximate surface area is 129 Å². The van der Waals surface area contributed by atoms with Crippen molar-refractivity contribution in [3.8, 4) is 16.9 Å². The van der Waals surface area contributed by atoms with Gasteiger partial charge in [0.2, 0.25) is 0 Å². The molecule has 0 aliphatic carbocycles. The van der Waals surface area contributed by atoms with Crippen LogP contribution in [-0.4, -0.2) is 24.0 Å². The van der Waals surface area contributed by atoms with E-state index >= 15 is 0 Å². The van der Waals surface area contributed by atoms with Gasteiger partial charge in [-0.2, -0.15) is 0 Å². The van der Waals surface area contributed by atoms with Gasteiger partial charge < -0.3 is 15.5 Å². The lowest BCUT2D eigenvalue weighted by molar-refractivity contribution is 0.416. The van der Waals surface area contributed by atoms with E-state index in [1.807, 2.05) is 36.4 Å². The quantitative estimate of drug-likeness (QED) is 0.727. The number of benzene rings is 2. The number of nitrogen functional groups attached to an aromatic ring is 1. The Morgan fingerprint density at radius 2 is 1.95 bits per heavy atom. The van der Waals surface area contributed by atoms with Crippen LogP contribution in [0, 0.1) is 0 Å². The molecule has 3 aromatic rings. The number of rotatable bonds is 3. The first-order valence-corrected chi connectivity index (χ1v) is 7.11. The Balaban J connectivity index is 2.19. The van der Waals surface area contributed by atoms with E-state index in [0.717, 1.165) is 33.2 Å². The molecule has 0 aliphatic heterocycles. The van der Waals surface area contributed by atoms with Crippen LogP contribution in [0.3, 0.4) is 0 Å². The number of anilines is 1. The summed E-state index contributed by atoms with van der Waals surface area (Å²) in [5, 5.41) is 10.7. The predicted molar refractivity (Wildman–Crippen MR) is 91.6 cm³/mol. The lowest BCUT2D eigenvalue weighted by atomic mass is 9.64. The van der Waals surface area contributed by atoms with Crippen molar-refractivity contribution in [1.82, 2.24) is 4.98 Å². The zero-order chi connectivity index (χ0) is 15.7.